The molecular weight excluding hydrogens is 353 g/mol. The van der Waals surface area contributed by atoms with E-state index in [0.29, 0.717) is 4.47 Å². The molecule has 0 amide bonds. The predicted molar refractivity (Wildman–Crippen MR) is 67.3 cm³/mol. The molecule has 19 heavy (non-hydrogen) atoms. The van der Waals surface area contributed by atoms with Gasteiger partial charge in [0.25, 0.3) is 0 Å². The van der Waals surface area contributed by atoms with E-state index in [9.17, 15) is 21.6 Å². The van der Waals surface area contributed by atoms with Crippen molar-refractivity contribution in [2.24, 2.45) is 5.73 Å². The summed E-state index contributed by atoms with van der Waals surface area (Å²) in [6.45, 7) is -0.151. The van der Waals surface area contributed by atoms with Gasteiger partial charge in [0, 0.05) is 11.0 Å². The number of nitrogens with one attached hydrogen (secondary N) is 1. The van der Waals surface area contributed by atoms with Crippen molar-refractivity contribution in [3.63, 3.8) is 0 Å². The highest BCUT2D eigenvalue weighted by atomic mass is 79.9. The quantitative estimate of drug-likeness (QED) is 0.839. The molecule has 0 aliphatic rings. The minimum Gasteiger partial charge on any atom is -0.403 e. The second kappa shape index (κ2) is 5.97. The maximum atomic E-state index is 12.2. The molecule has 108 valence electrons. The van der Waals surface area contributed by atoms with E-state index in [1.165, 1.54) is 6.07 Å². The summed E-state index contributed by atoms with van der Waals surface area (Å²) in [7, 11) is -3.81. The molecule has 0 aliphatic heterocycles. The third-order valence-electron chi connectivity index (χ3n) is 1.82. The van der Waals surface area contributed by atoms with Gasteiger partial charge in [-0.1, -0.05) is 15.9 Å². The molecule has 0 aromatic heterocycles. The smallest absolute Gasteiger partial charge is 0.403 e. The second-order valence-corrected chi connectivity index (χ2v) is 6.16. The number of alkyl halides is 3. The zero-order valence-electron chi connectivity index (χ0n) is 9.37. The van der Waals surface area contributed by atoms with E-state index in [1.54, 1.807) is 0 Å². The maximum Gasteiger partial charge on any atom is 0.573 e. The molecule has 3 N–H and O–H groups in total. The molecular formula is C9H10BrF3N2O3S. The van der Waals surface area contributed by atoms with Crippen LogP contribution in [0.5, 0.6) is 5.75 Å². The number of halogens is 4. The van der Waals surface area contributed by atoms with Gasteiger partial charge in [0.15, 0.2) is 5.75 Å². The summed E-state index contributed by atoms with van der Waals surface area (Å²) in [4.78, 5) is 0. The van der Waals surface area contributed by atoms with E-state index in [-0.39, 0.29) is 12.2 Å². The Hall–Kier alpha value is -1.00. The van der Waals surface area contributed by atoms with Crippen LogP contribution in [0, 0.1) is 0 Å². The summed E-state index contributed by atoms with van der Waals surface area (Å²) in [6, 6.07) is 3.54. The van der Waals surface area contributed by atoms with Gasteiger partial charge in [0.05, 0.1) is 11.4 Å². The number of rotatable bonds is 5. The van der Waals surface area contributed by atoms with Crippen LogP contribution in [0.25, 0.3) is 0 Å². The lowest BCUT2D eigenvalue weighted by Gasteiger charge is -2.15. The van der Waals surface area contributed by atoms with Crippen molar-refractivity contribution in [2.75, 3.05) is 17.0 Å². The van der Waals surface area contributed by atoms with Crippen LogP contribution in [-0.2, 0) is 10.0 Å². The Morgan fingerprint density at radius 3 is 2.53 bits per heavy atom. The highest BCUT2D eigenvalue weighted by Gasteiger charge is 2.32. The highest BCUT2D eigenvalue weighted by Crippen LogP contribution is 2.33. The van der Waals surface area contributed by atoms with Gasteiger partial charge in [-0.25, -0.2) is 8.42 Å². The van der Waals surface area contributed by atoms with E-state index in [1.807, 2.05) is 4.72 Å². The lowest BCUT2D eigenvalue weighted by atomic mass is 10.3. The number of nitrogens with two attached hydrogens (primary N) is 1. The molecule has 1 aromatic carbocycles. The first-order valence-corrected chi connectivity index (χ1v) is 7.33. The first kappa shape index (κ1) is 16.1. The van der Waals surface area contributed by atoms with Crippen LogP contribution < -0.4 is 15.2 Å². The minimum absolute atomic E-state index is 0.151. The molecule has 1 aromatic rings. The van der Waals surface area contributed by atoms with Gasteiger partial charge in [-0.15, -0.1) is 13.2 Å². The van der Waals surface area contributed by atoms with Crippen molar-refractivity contribution in [3.8, 4) is 5.75 Å². The molecule has 0 fully saturated rings. The Balaban J connectivity index is 3.07. The molecule has 0 saturated heterocycles. The van der Waals surface area contributed by atoms with Gasteiger partial charge in [0.2, 0.25) is 10.0 Å². The van der Waals surface area contributed by atoms with Crippen molar-refractivity contribution >= 4 is 31.6 Å². The Morgan fingerprint density at radius 1 is 1.37 bits per heavy atom. The number of anilines is 1. The van der Waals surface area contributed by atoms with Crippen molar-refractivity contribution in [1.82, 2.24) is 0 Å². The van der Waals surface area contributed by atoms with Gasteiger partial charge >= 0.3 is 6.36 Å². The summed E-state index contributed by atoms with van der Waals surface area (Å²) < 4.78 is 65.6. The number of hydrogen-bond donors (Lipinski definition) is 2. The number of ether oxygens (including phenoxy) is 1. The molecule has 1 rings (SSSR count). The molecule has 0 aliphatic carbocycles. The second-order valence-electron chi connectivity index (χ2n) is 3.40. The first-order chi connectivity index (χ1) is 8.63. The fourth-order valence-corrected chi connectivity index (χ4v) is 2.42. The molecule has 0 atom stereocenters. The molecule has 0 bridgehead atoms. The van der Waals surface area contributed by atoms with Crippen LogP contribution in [-0.4, -0.2) is 27.1 Å². The van der Waals surface area contributed by atoms with Gasteiger partial charge < -0.3 is 10.5 Å². The summed E-state index contributed by atoms with van der Waals surface area (Å²) in [5, 5.41) is 0. The largest absolute Gasteiger partial charge is 0.573 e. The summed E-state index contributed by atoms with van der Waals surface area (Å²) in [6.07, 6.45) is -4.92. The third-order valence-corrected chi connectivity index (χ3v) is 3.62. The predicted octanol–water partition coefficient (Wildman–Crippen LogP) is 2.05. The molecule has 0 spiro atoms. The van der Waals surface area contributed by atoms with Crippen LogP contribution in [0.3, 0.4) is 0 Å². The molecule has 0 radical (unpaired) electrons. The molecule has 0 saturated carbocycles. The standard InChI is InChI=1S/C9H10BrF3N2O3S/c10-6-1-2-7(15-19(16,17)4-3-14)8(5-6)18-9(11,12)13/h1-2,5,15H,3-4,14H2. The summed E-state index contributed by atoms with van der Waals surface area (Å²) in [5.74, 6) is -1.06. The normalized spacial score (nSPS) is 12.3. The molecule has 0 heterocycles. The van der Waals surface area contributed by atoms with Gasteiger partial charge in [-0.05, 0) is 18.2 Å². The van der Waals surface area contributed by atoms with Crippen LogP contribution >= 0.6 is 15.9 Å². The molecule has 0 unspecified atom stereocenters. The van der Waals surface area contributed by atoms with E-state index >= 15 is 0 Å². The van der Waals surface area contributed by atoms with Gasteiger partial charge in [-0.3, -0.25) is 4.72 Å². The average Bonchev–Trinajstić information content (AvgIpc) is 2.19. The molecule has 5 nitrogen and oxygen atoms in total. The number of benzene rings is 1. The fourth-order valence-electron chi connectivity index (χ4n) is 1.16. The van der Waals surface area contributed by atoms with Crippen molar-refractivity contribution < 1.29 is 26.3 Å². The fraction of sp³-hybridized carbons (Fsp3) is 0.333. The molecule has 10 heteroatoms. The van der Waals surface area contributed by atoms with Crippen LogP contribution in [0.4, 0.5) is 18.9 Å². The SMILES string of the molecule is NCCS(=O)(=O)Nc1ccc(Br)cc1OC(F)(F)F. The van der Waals surface area contributed by atoms with Crippen molar-refractivity contribution in [1.29, 1.82) is 0 Å². The Bertz CT molecular complexity index is 548. The van der Waals surface area contributed by atoms with E-state index < -0.39 is 27.9 Å². The average molecular weight is 363 g/mol. The number of hydrogen-bond acceptors (Lipinski definition) is 4. The van der Waals surface area contributed by atoms with E-state index in [0.717, 1.165) is 12.1 Å². The Kier molecular flexibility index (Phi) is 5.04. The number of sulfonamides is 1. The zero-order valence-corrected chi connectivity index (χ0v) is 11.8. The highest BCUT2D eigenvalue weighted by molar-refractivity contribution is 9.10. The van der Waals surface area contributed by atoms with Crippen LogP contribution in [0.1, 0.15) is 0 Å². The Labute approximate surface area is 116 Å². The minimum atomic E-state index is -4.92. The first-order valence-electron chi connectivity index (χ1n) is 4.89. The van der Waals surface area contributed by atoms with E-state index in [2.05, 4.69) is 20.7 Å². The summed E-state index contributed by atoms with van der Waals surface area (Å²) in [5.41, 5.74) is 4.78. The Morgan fingerprint density at radius 2 is 2.00 bits per heavy atom. The monoisotopic (exact) mass is 362 g/mol. The van der Waals surface area contributed by atoms with Gasteiger partial charge in [0.1, 0.15) is 0 Å². The summed E-state index contributed by atoms with van der Waals surface area (Å²) >= 11 is 2.97. The third kappa shape index (κ3) is 5.66. The van der Waals surface area contributed by atoms with Crippen molar-refractivity contribution in [3.05, 3.63) is 22.7 Å². The lowest BCUT2D eigenvalue weighted by Crippen LogP contribution is -2.24. The van der Waals surface area contributed by atoms with Crippen LogP contribution in [0.15, 0.2) is 22.7 Å². The maximum absolute atomic E-state index is 12.2. The van der Waals surface area contributed by atoms with Gasteiger partial charge in [-0.2, -0.15) is 0 Å². The van der Waals surface area contributed by atoms with Crippen molar-refractivity contribution in [2.45, 2.75) is 6.36 Å². The van der Waals surface area contributed by atoms with Crippen LogP contribution in [0.2, 0.25) is 0 Å². The lowest BCUT2D eigenvalue weighted by molar-refractivity contribution is -0.274. The van der Waals surface area contributed by atoms with E-state index in [4.69, 9.17) is 5.73 Å². The topological polar surface area (TPSA) is 81.4 Å². The zero-order chi connectivity index (χ0) is 14.7.